The molecule has 1 aromatic heterocycles. The van der Waals surface area contributed by atoms with Crippen LogP contribution >= 0.6 is 0 Å². The number of piperidine rings is 1. The summed E-state index contributed by atoms with van der Waals surface area (Å²) < 4.78 is 5.93. The molecule has 5 heteroatoms. The number of amides is 1. The number of carbonyl (C=O) groups is 1. The normalized spacial score (nSPS) is 30.6. The third-order valence-electron chi connectivity index (χ3n) is 6.08. The second kappa shape index (κ2) is 6.81. The molecule has 130 valence electrons. The average molecular weight is 329 g/mol. The Bertz CT molecular complexity index is 575. The van der Waals surface area contributed by atoms with E-state index in [-0.39, 0.29) is 17.4 Å². The first-order valence-electron chi connectivity index (χ1n) is 9.32. The van der Waals surface area contributed by atoms with Crippen molar-refractivity contribution < 1.29 is 9.53 Å². The van der Waals surface area contributed by atoms with E-state index < -0.39 is 0 Å². The Morgan fingerprint density at radius 3 is 3.04 bits per heavy atom. The fourth-order valence-electron chi connectivity index (χ4n) is 4.39. The number of aromatic nitrogens is 1. The minimum Gasteiger partial charge on any atom is -0.377 e. The second-order valence-corrected chi connectivity index (χ2v) is 7.44. The van der Waals surface area contributed by atoms with Gasteiger partial charge >= 0.3 is 0 Å². The van der Waals surface area contributed by atoms with Crippen molar-refractivity contribution in [2.75, 3.05) is 26.2 Å². The van der Waals surface area contributed by atoms with E-state index in [9.17, 15) is 4.79 Å². The standard InChI is InChI=1S/C19H27N3O2/c23-18(21-11-7-15-4-1-2-10-20-15)19-9-13-24-17(19)8-12-22(14-19)16-5-3-6-16/h1-2,4,10,16-17H,3,5-9,11-14H2,(H,21,23)/t17-,19-/m0/s1. The first kappa shape index (κ1) is 16.0. The predicted molar refractivity (Wildman–Crippen MR) is 91.6 cm³/mol. The van der Waals surface area contributed by atoms with Gasteiger partial charge in [0.25, 0.3) is 0 Å². The second-order valence-electron chi connectivity index (χ2n) is 7.44. The molecule has 0 radical (unpaired) electrons. The van der Waals surface area contributed by atoms with Crippen LogP contribution in [0.25, 0.3) is 0 Å². The maximum Gasteiger partial charge on any atom is 0.230 e. The zero-order valence-electron chi connectivity index (χ0n) is 14.2. The molecular weight excluding hydrogens is 302 g/mol. The highest BCUT2D eigenvalue weighted by molar-refractivity contribution is 5.84. The molecule has 4 rings (SSSR count). The lowest BCUT2D eigenvalue weighted by Crippen LogP contribution is -2.60. The van der Waals surface area contributed by atoms with Crippen LogP contribution in [-0.2, 0) is 16.0 Å². The number of likely N-dealkylation sites (tertiary alicyclic amines) is 1. The summed E-state index contributed by atoms with van der Waals surface area (Å²) in [5, 5.41) is 3.17. The van der Waals surface area contributed by atoms with E-state index >= 15 is 0 Å². The van der Waals surface area contributed by atoms with E-state index in [1.807, 2.05) is 18.2 Å². The lowest BCUT2D eigenvalue weighted by Gasteiger charge is -2.47. The van der Waals surface area contributed by atoms with Gasteiger partial charge in [0, 0.05) is 50.6 Å². The number of hydrogen-bond acceptors (Lipinski definition) is 4. The lowest BCUT2D eigenvalue weighted by atomic mass is 9.74. The van der Waals surface area contributed by atoms with E-state index in [2.05, 4.69) is 15.2 Å². The molecule has 2 atom stereocenters. The molecule has 3 aliphatic rings. The summed E-state index contributed by atoms with van der Waals surface area (Å²) in [4.78, 5) is 19.9. The molecule has 1 N–H and O–H groups in total. The molecule has 0 aromatic carbocycles. The largest absolute Gasteiger partial charge is 0.377 e. The van der Waals surface area contributed by atoms with Crippen LogP contribution in [0.2, 0.25) is 0 Å². The van der Waals surface area contributed by atoms with Crippen molar-refractivity contribution >= 4 is 5.91 Å². The summed E-state index contributed by atoms with van der Waals surface area (Å²) in [5.41, 5.74) is 0.687. The van der Waals surface area contributed by atoms with Crippen LogP contribution in [0.4, 0.5) is 0 Å². The Morgan fingerprint density at radius 1 is 1.38 bits per heavy atom. The van der Waals surface area contributed by atoms with Crippen molar-refractivity contribution in [1.29, 1.82) is 0 Å². The fraction of sp³-hybridized carbons (Fsp3) is 0.684. The van der Waals surface area contributed by atoms with Crippen molar-refractivity contribution in [1.82, 2.24) is 15.2 Å². The minimum atomic E-state index is -0.335. The topological polar surface area (TPSA) is 54.5 Å². The van der Waals surface area contributed by atoms with Crippen LogP contribution < -0.4 is 5.32 Å². The van der Waals surface area contributed by atoms with Crippen molar-refractivity contribution in [2.24, 2.45) is 5.41 Å². The highest BCUT2D eigenvalue weighted by atomic mass is 16.5. The van der Waals surface area contributed by atoms with E-state index in [0.29, 0.717) is 12.6 Å². The number of ether oxygens (including phenoxy) is 1. The molecule has 24 heavy (non-hydrogen) atoms. The van der Waals surface area contributed by atoms with E-state index in [0.717, 1.165) is 44.7 Å². The van der Waals surface area contributed by atoms with Gasteiger partial charge in [-0.1, -0.05) is 12.5 Å². The lowest BCUT2D eigenvalue weighted by molar-refractivity contribution is -0.141. The van der Waals surface area contributed by atoms with Gasteiger partial charge in [-0.3, -0.25) is 14.7 Å². The highest BCUT2D eigenvalue weighted by Crippen LogP contribution is 2.43. The van der Waals surface area contributed by atoms with Gasteiger partial charge in [-0.05, 0) is 37.8 Å². The minimum absolute atomic E-state index is 0.101. The van der Waals surface area contributed by atoms with Gasteiger partial charge in [0.1, 0.15) is 0 Å². The number of nitrogens with zero attached hydrogens (tertiary/aromatic N) is 2. The van der Waals surface area contributed by atoms with Crippen LogP contribution in [-0.4, -0.2) is 54.2 Å². The number of rotatable bonds is 5. The van der Waals surface area contributed by atoms with Crippen molar-refractivity contribution in [3.63, 3.8) is 0 Å². The fourth-order valence-corrected chi connectivity index (χ4v) is 4.39. The molecule has 5 nitrogen and oxygen atoms in total. The Morgan fingerprint density at radius 2 is 2.29 bits per heavy atom. The van der Waals surface area contributed by atoms with Gasteiger partial charge in [0.2, 0.25) is 5.91 Å². The Balaban J connectivity index is 1.38. The molecular formula is C19H27N3O2. The number of pyridine rings is 1. The number of hydrogen-bond donors (Lipinski definition) is 1. The van der Waals surface area contributed by atoms with Gasteiger partial charge in [-0.25, -0.2) is 0 Å². The number of nitrogens with one attached hydrogen (secondary N) is 1. The molecule has 1 aliphatic carbocycles. The highest BCUT2D eigenvalue weighted by Gasteiger charge is 2.54. The summed E-state index contributed by atoms with van der Waals surface area (Å²) in [5.74, 6) is 0.185. The van der Waals surface area contributed by atoms with E-state index in [1.165, 1.54) is 19.3 Å². The first-order valence-corrected chi connectivity index (χ1v) is 9.32. The molecule has 3 fully saturated rings. The summed E-state index contributed by atoms with van der Waals surface area (Å²) in [6.45, 7) is 3.32. The van der Waals surface area contributed by atoms with Crippen LogP contribution in [0.5, 0.6) is 0 Å². The maximum atomic E-state index is 13.0. The molecule has 1 saturated carbocycles. The Labute approximate surface area is 143 Å². The van der Waals surface area contributed by atoms with Crippen molar-refractivity contribution in [3.05, 3.63) is 30.1 Å². The first-order chi connectivity index (χ1) is 11.8. The molecule has 2 saturated heterocycles. The number of fused-ring (bicyclic) bond motifs is 1. The zero-order valence-corrected chi connectivity index (χ0v) is 14.2. The van der Waals surface area contributed by atoms with E-state index in [4.69, 9.17) is 4.74 Å². The smallest absolute Gasteiger partial charge is 0.230 e. The predicted octanol–water partition coefficient (Wildman–Crippen LogP) is 1.77. The van der Waals surface area contributed by atoms with Crippen LogP contribution in [0, 0.1) is 5.41 Å². The Kier molecular flexibility index (Phi) is 4.55. The van der Waals surface area contributed by atoms with Gasteiger partial charge in [0.05, 0.1) is 11.5 Å². The van der Waals surface area contributed by atoms with Gasteiger partial charge < -0.3 is 10.1 Å². The van der Waals surface area contributed by atoms with Crippen molar-refractivity contribution in [2.45, 2.75) is 50.7 Å². The summed E-state index contributed by atoms with van der Waals surface area (Å²) >= 11 is 0. The third kappa shape index (κ3) is 2.95. The molecule has 0 spiro atoms. The quantitative estimate of drug-likeness (QED) is 0.895. The monoisotopic (exact) mass is 329 g/mol. The SMILES string of the molecule is O=C(NCCc1ccccn1)[C@]12CCO[C@H]1CCN(C1CCC1)C2. The summed E-state index contributed by atoms with van der Waals surface area (Å²) in [6, 6.07) is 6.61. The molecule has 3 heterocycles. The van der Waals surface area contributed by atoms with Crippen LogP contribution in [0.15, 0.2) is 24.4 Å². The van der Waals surface area contributed by atoms with E-state index in [1.54, 1.807) is 6.20 Å². The number of carbonyl (C=O) groups excluding carboxylic acids is 1. The third-order valence-corrected chi connectivity index (χ3v) is 6.08. The zero-order chi connectivity index (χ0) is 16.4. The van der Waals surface area contributed by atoms with Gasteiger partial charge in [-0.15, -0.1) is 0 Å². The Hall–Kier alpha value is -1.46. The molecule has 0 bridgehead atoms. The molecule has 1 aromatic rings. The maximum absolute atomic E-state index is 13.0. The summed E-state index contributed by atoms with van der Waals surface area (Å²) in [6.07, 6.45) is 8.45. The van der Waals surface area contributed by atoms with Gasteiger partial charge in [0.15, 0.2) is 0 Å². The van der Waals surface area contributed by atoms with Crippen LogP contribution in [0.3, 0.4) is 0 Å². The van der Waals surface area contributed by atoms with Gasteiger partial charge in [-0.2, -0.15) is 0 Å². The summed E-state index contributed by atoms with van der Waals surface area (Å²) in [7, 11) is 0. The van der Waals surface area contributed by atoms with Crippen LogP contribution in [0.1, 0.15) is 37.8 Å². The molecule has 0 unspecified atom stereocenters. The average Bonchev–Trinajstić information content (AvgIpc) is 2.99. The molecule has 2 aliphatic heterocycles. The molecule has 1 amide bonds. The van der Waals surface area contributed by atoms with Crippen molar-refractivity contribution in [3.8, 4) is 0 Å².